The van der Waals surface area contributed by atoms with E-state index >= 15 is 0 Å². The van der Waals surface area contributed by atoms with Crippen LogP contribution < -0.4 is 14.2 Å². The molecule has 4 rings (SSSR count). The van der Waals surface area contributed by atoms with Gasteiger partial charge in [-0.05, 0) is 99.7 Å². The van der Waals surface area contributed by atoms with Crippen molar-refractivity contribution in [1.29, 1.82) is 0 Å². The average Bonchev–Trinajstić information content (AvgIpc) is 2.84. The van der Waals surface area contributed by atoms with E-state index in [-0.39, 0.29) is 16.5 Å². The van der Waals surface area contributed by atoms with Gasteiger partial charge in [-0.3, -0.25) is 0 Å². The van der Waals surface area contributed by atoms with Crippen molar-refractivity contribution in [1.82, 2.24) is 4.72 Å². The lowest BCUT2D eigenvalue weighted by molar-refractivity contribution is -0.157. The Hall–Kier alpha value is -2.78. The molecule has 1 aliphatic carbocycles. The van der Waals surface area contributed by atoms with E-state index in [2.05, 4.69) is 4.72 Å². The first-order valence-corrected chi connectivity index (χ1v) is 14.4. The molecule has 38 heavy (non-hydrogen) atoms. The van der Waals surface area contributed by atoms with E-state index in [0.29, 0.717) is 35.1 Å². The summed E-state index contributed by atoms with van der Waals surface area (Å²) < 4.78 is 46.2. The van der Waals surface area contributed by atoms with Crippen LogP contribution in [0, 0.1) is 0 Å². The normalized spacial score (nSPS) is 15.4. The third kappa shape index (κ3) is 7.20. The fraction of sp³-hybridized carbons (Fsp3) is 0.321. The van der Waals surface area contributed by atoms with Gasteiger partial charge in [0.15, 0.2) is 6.61 Å². The molecule has 0 radical (unpaired) electrons. The predicted molar refractivity (Wildman–Crippen MR) is 147 cm³/mol. The van der Waals surface area contributed by atoms with Gasteiger partial charge in [0.1, 0.15) is 22.8 Å². The third-order valence-corrected chi connectivity index (χ3v) is 7.80. The van der Waals surface area contributed by atoms with Crippen molar-refractivity contribution in [2.45, 2.75) is 56.6 Å². The molecule has 0 fully saturated rings. The van der Waals surface area contributed by atoms with E-state index < -0.39 is 27.6 Å². The highest BCUT2D eigenvalue weighted by molar-refractivity contribution is 7.89. The highest BCUT2D eigenvalue weighted by atomic mass is 35.5. The van der Waals surface area contributed by atoms with Gasteiger partial charge in [0.2, 0.25) is 10.0 Å². The Kier molecular flexibility index (Phi) is 8.57. The summed E-state index contributed by atoms with van der Waals surface area (Å²) >= 11 is 12.3. The molecule has 0 aromatic heterocycles. The second-order valence-electron chi connectivity index (χ2n) is 9.91. The van der Waals surface area contributed by atoms with Crippen molar-refractivity contribution in [2.75, 3.05) is 6.61 Å². The van der Waals surface area contributed by atoms with Gasteiger partial charge in [0, 0.05) is 11.1 Å². The van der Waals surface area contributed by atoms with Crippen LogP contribution in [-0.4, -0.2) is 26.6 Å². The Labute approximate surface area is 233 Å². The highest BCUT2D eigenvalue weighted by Gasteiger charge is 2.28. The minimum Gasteiger partial charge on any atom is -0.482 e. The minimum atomic E-state index is -3.90. The van der Waals surface area contributed by atoms with Gasteiger partial charge in [-0.1, -0.05) is 35.3 Å². The van der Waals surface area contributed by atoms with Crippen molar-refractivity contribution in [3.8, 4) is 17.2 Å². The van der Waals surface area contributed by atoms with Crippen molar-refractivity contribution in [3.05, 3.63) is 81.8 Å². The first-order chi connectivity index (χ1) is 17.9. The number of rotatable bonds is 8. The molecule has 0 spiro atoms. The number of halogens is 2. The summed E-state index contributed by atoms with van der Waals surface area (Å²) in [5.74, 6) is 0.920. The lowest BCUT2D eigenvalue weighted by Gasteiger charge is -2.28. The molecule has 7 nitrogen and oxygen atoms in total. The number of benzene rings is 3. The fourth-order valence-corrected chi connectivity index (χ4v) is 5.88. The van der Waals surface area contributed by atoms with Gasteiger partial charge >= 0.3 is 5.97 Å². The van der Waals surface area contributed by atoms with E-state index in [1.807, 2.05) is 6.07 Å². The Morgan fingerprint density at radius 3 is 2.45 bits per heavy atom. The number of esters is 1. The summed E-state index contributed by atoms with van der Waals surface area (Å²) in [5.41, 5.74) is 1.08. The molecule has 0 saturated heterocycles. The molecule has 1 aliphatic rings. The molecule has 1 atom stereocenters. The van der Waals surface area contributed by atoms with E-state index in [0.717, 1.165) is 17.5 Å². The number of carbonyl (C=O) groups is 1. The molecule has 0 amide bonds. The zero-order valence-electron chi connectivity index (χ0n) is 21.3. The van der Waals surface area contributed by atoms with Crippen LogP contribution in [-0.2, 0) is 26.0 Å². The van der Waals surface area contributed by atoms with Gasteiger partial charge < -0.3 is 14.2 Å². The molecule has 3 aromatic carbocycles. The number of carbonyl (C=O) groups excluding carboxylic acids is 1. The lowest BCUT2D eigenvalue weighted by Crippen LogP contribution is -2.31. The fourth-order valence-electron chi connectivity index (χ4n) is 4.20. The molecule has 1 unspecified atom stereocenters. The third-order valence-electron chi connectivity index (χ3n) is 5.78. The van der Waals surface area contributed by atoms with Crippen LogP contribution in [0.1, 0.15) is 50.8 Å². The Balaban J connectivity index is 1.49. The molecule has 10 heteroatoms. The van der Waals surface area contributed by atoms with Gasteiger partial charge in [-0.15, -0.1) is 0 Å². The summed E-state index contributed by atoms with van der Waals surface area (Å²) in [7, 11) is -3.90. The number of fused-ring (bicyclic) bond motifs is 1. The first-order valence-electron chi connectivity index (χ1n) is 12.1. The molecular formula is C28H29Cl2NO6S. The second-order valence-corrected chi connectivity index (χ2v) is 12.5. The predicted octanol–water partition coefficient (Wildman–Crippen LogP) is 6.86. The molecule has 202 valence electrons. The number of nitrogens with one attached hydrogen (secondary N) is 1. The lowest BCUT2D eigenvalue weighted by atomic mass is 9.87. The molecule has 0 aliphatic heterocycles. The molecule has 3 aromatic rings. The zero-order valence-corrected chi connectivity index (χ0v) is 23.6. The summed E-state index contributed by atoms with van der Waals surface area (Å²) in [5, 5.41) is 0.728. The summed E-state index contributed by atoms with van der Waals surface area (Å²) in [6, 6.07) is 16.1. The summed E-state index contributed by atoms with van der Waals surface area (Å²) in [6.45, 7) is 5.14. The number of hydrogen-bond donors (Lipinski definition) is 1. The molecule has 1 N–H and O–H groups in total. The van der Waals surface area contributed by atoms with Crippen LogP contribution in [0.5, 0.6) is 17.2 Å². The molecule has 0 saturated carbocycles. The standard InChI is InChI=1S/C28H29Cl2NO6S/c1-28(2,3)37-27(32)17-35-25-9-5-6-21-22(25)7-4-8-24(21)31-38(33,34)20-14-15-26(23(30)16-20)36-19-12-10-18(29)11-13-19/h5-6,9-16,24,31H,4,7-8,17H2,1-3H3. The Morgan fingerprint density at radius 2 is 1.76 bits per heavy atom. The summed E-state index contributed by atoms with van der Waals surface area (Å²) in [6.07, 6.45) is 2.08. The van der Waals surface area contributed by atoms with Crippen LogP contribution in [0.25, 0.3) is 0 Å². The van der Waals surface area contributed by atoms with Crippen LogP contribution in [0.2, 0.25) is 10.0 Å². The smallest absolute Gasteiger partial charge is 0.344 e. The van der Waals surface area contributed by atoms with Gasteiger partial charge in [-0.25, -0.2) is 17.9 Å². The van der Waals surface area contributed by atoms with Gasteiger partial charge in [0.05, 0.1) is 9.92 Å². The molecular weight excluding hydrogens is 549 g/mol. The monoisotopic (exact) mass is 577 g/mol. The van der Waals surface area contributed by atoms with E-state index in [1.54, 1.807) is 57.2 Å². The minimum absolute atomic E-state index is 0.0235. The maximum atomic E-state index is 13.3. The van der Waals surface area contributed by atoms with E-state index in [1.165, 1.54) is 18.2 Å². The van der Waals surface area contributed by atoms with Crippen molar-refractivity contribution in [3.63, 3.8) is 0 Å². The largest absolute Gasteiger partial charge is 0.482 e. The maximum Gasteiger partial charge on any atom is 0.344 e. The first kappa shape index (κ1) is 28.2. The van der Waals surface area contributed by atoms with Crippen LogP contribution in [0.3, 0.4) is 0 Å². The highest BCUT2D eigenvalue weighted by Crippen LogP contribution is 2.37. The molecule has 0 heterocycles. The van der Waals surface area contributed by atoms with Crippen LogP contribution in [0.15, 0.2) is 65.6 Å². The second kappa shape index (κ2) is 11.5. The van der Waals surface area contributed by atoms with E-state index in [4.69, 9.17) is 37.4 Å². The molecule has 0 bridgehead atoms. The average molecular weight is 579 g/mol. The number of ether oxygens (including phenoxy) is 3. The quantitative estimate of drug-likeness (QED) is 0.294. The van der Waals surface area contributed by atoms with E-state index in [9.17, 15) is 13.2 Å². The van der Waals surface area contributed by atoms with Crippen molar-refractivity contribution < 1.29 is 27.4 Å². The maximum absolute atomic E-state index is 13.3. The topological polar surface area (TPSA) is 90.9 Å². The zero-order chi connectivity index (χ0) is 27.5. The Bertz CT molecular complexity index is 1420. The summed E-state index contributed by atoms with van der Waals surface area (Å²) in [4.78, 5) is 12.1. The van der Waals surface area contributed by atoms with Gasteiger partial charge in [0.25, 0.3) is 0 Å². The number of hydrogen-bond acceptors (Lipinski definition) is 6. The van der Waals surface area contributed by atoms with Gasteiger partial charge in [-0.2, -0.15) is 0 Å². The van der Waals surface area contributed by atoms with Crippen LogP contribution >= 0.6 is 23.2 Å². The van der Waals surface area contributed by atoms with Crippen molar-refractivity contribution >= 4 is 39.2 Å². The number of sulfonamides is 1. The Morgan fingerprint density at radius 1 is 1.03 bits per heavy atom. The SMILES string of the molecule is CC(C)(C)OC(=O)COc1cccc2c1CCCC2NS(=O)(=O)c1ccc(Oc2ccc(Cl)cc2)c(Cl)c1. The van der Waals surface area contributed by atoms with Crippen LogP contribution in [0.4, 0.5) is 0 Å². The van der Waals surface area contributed by atoms with Crippen molar-refractivity contribution in [2.24, 2.45) is 0 Å².